The summed E-state index contributed by atoms with van der Waals surface area (Å²) in [6.07, 6.45) is 1.94. The van der Waals surface area contributed by atoms with Crippen LogP contribution in [0.1, 0.15) is 45.1 Å². The molecule has 5 nitrogen and oxygen atoms in total. The molecule has 0 aromatic heterocycles. The maximum absolute atomic E-state index is 10.5. The molecule has 3 rings (SSSR count). The summed E-state index contributed by atoms with van der Waals surface area (Å²) in [6, 6.07) is 12.7. The normalized spacial score (nSPS) is 29.3. The SMILES string of the molecule is CCCSC1(SCCC)N=C(N)C2(C#N)C(c3ccccc3OCC)C12C#N. The predicted octanol–water partition coefficient (Wildman–Crippen LogP) is 4.51. The Labute approximate surface area is 175 Å². The molecule has 1 saturated carbocycles. The smallest absolute Gasteiger partial charge is 0.175 e. The summed E-state index contributed by atoms with van der Waals surface area (Å²) in [5.74, 6) is 2.39. The van der Waals surface area contributed by atoms with Gasteiger partial charge in [0.25, 0.3) is 0 Å². The van der Waals surface area contributed by atoms with Gasteiger partial charge in [0.2, 0.25) is 0 Å². The van der Waals surface area contributed by atoms with Crippen LogP contribution in [0.3, 0.4) is 0 Å². The molecule has 1 heterocycles. The molecule has 2 N–H and O–H groups in total. The van der Waals surface area contributed by atoms with Gasteiger partial charge in [-0.3, -0.25) is 0 Å². The minimum Gasteiger partial charge on any atom is -0.494 e. The molecule has 148 valence electrons. The van der Waals surface area contributed by atoms with E-state index in [1.165, 1.54) is 0 Å². The molecule has 0 amide bonds. The highest BCUT2D eigenvalue weighted by molar-refractivity contribution is 8.18. The second-order valence-electron chi connectivity index (χ2n) is 7.02. The fraction of sp³-hybridized carbons (Fsp3) is 0.571. The molecule has 1 aromatic carbocycles. The first-order chi connectivity index (χ1) is 13.5. The molecule has 28 heavy (non-hydrogen) atoms. The molecule has 1 aliphatic carbocycles. The van der Waals surface area contributed by atoms with E-state index in [-0.39, 0.29) is 5.92 Å². The Kier molecular flexibility index (Phi) is 5.89. The van der Waals surface area contributed by atoms with Crippen molar-refractivity contribution in [2.75, 3.05) is 18.1 Å². The van der Waals surface area contributed by atoms with Gasteiger partial charge < -0.3 is 10.5 Å². The summed E-state index contributed by atoms with van der Waals surface area (Å²) < 4.78 is 5.07. The number of nitrogens with zero attached hydrogens (tertiary/aromatic N) is 3. The van der Waals surface area contributed by atoms with Gasteiger partial charge in [-0.15, -0.1) is 23.5 Å². The van der Waals surface area contributed by atoms with Gasteiger partial charge in [0, 0.05) is 11.5 Å². The maximum atomic E-state index is 10.5. The summed E-state index contributed by atoms with van der Waals surface area (Å²) >= 11 is 3.32. The fourth-order valence-electron chi connectivity index (χ4n) is 4.31. The average Bonchev–Trinajstić information content (AvgIpc) is 3.29. The molecule has 0 radical (unpaired) electrons. The monoisotopic (exact) mass is 414 g/mol. The molecular weight excluding hydrogens is 388 g/mol. The molecule has 3 atom stereocenters. The van der Waals surface area contributed by atoms with E-state index in [9.17, 15) is 10.5 Å². The van der Waals surface area contributed by atoms with E-state index in [4.69, 9.17) is 15.5 Å². The number of benzene rings is 1. The number of hydrogen-bond donors (Lipinski definition) is 1. The van der Waals surface area contributed by atoms with Crippen molar-refractivity contribution in [2.45, 2.75) is 43.7 Å². The zero-order chi connectivity index (χ0) is 20.4. The predicted molar refractivity (Wildman–Crippen MR) is 116 cm³/mol. The van der Waals surface area contributed by atoms with Crippen molar-refractivity contribution < 1.29 is 4.74 Å². The standard InChI is InChI=1S/C21H26N4OS2/c1-4-11-27-21(28-12-5-2)20(14-23)17(19(20,13-22)18(24)25-21)15-9-7-8-10-16(15)26-6-3/h7-10,17H,4-6,11-12H2,1-3H3,(H2,24,25). The van der Waals surface area contributed by atoms with E-state index < -0.39 is 15.0 Å². The summed E-state index contributed by atoms with van der Waals surface area (Å²) in [7, 11) is 0. The number of ether oxygens (including phenoxy) is 1. The number of amidine groups is 1. The third-order valence-corrected chi connectivity index (χ3v) is 9.00. The molecule has 3 unspecified atom stereocenters. The first-order valence-electron chi connectivity index (χ1n) is 9.73. The van der Waals surface area contributed by atoms with E-state index in [1.807, 2.05) is 31.2 Å². The number of fused-ring (bicyclic) bond motifs is 1. The van der Waals surface area contributed by atoms with Gasteiger partial charge in [-0.1, -0.05) is 32.0 Å². The van der Waals surface area contributed by atoms with Crippen LogP contribution < -0.4 is 10.5 Å². The molecule has 1 fully saturated rings. The molecule has 2 aliphatic rings. The highest BCUT2D eigenvalue weighted by atomic mass is 32.2. The van der Waals surface area contributed by atoms with E-state index in [0.717, 1.165) is 35.7 Å². The van der Waals surface area contributed by atoms with Crippen LogP contribution >= 0.6 is 23.5 Å². The number of aliphatic imine (C=N–C) groups is 1. The summed E-state index contributed by atoms with van der Waals surface area (Å²) in [6.45, 7) is 6.67. The molecular formula is C21H26N4OS2. The van der Waals surface area contributed by atoms with Crippen LogP contribution in [0, 0.1) is 33.5 Å². The van der Waals surface area contributed by atoms with Crippen LogP contribution in [-0.2, 0) is 0 Å². The van der Waals surface area contributed by atoms with Crippen LogP contribution in [-0.4, -0.2) is 28.2 Å². The molecule has 0 bridgehead atoms. The molecule has 7 heteroatoms. The van der Waals surface area contributed by atoms with Crippen LogP contribution in [0.4, 0.5) is 0 Å². The van der Waals surface area contributed by atoms with Crippen molar-refractivity contribution in [3.8, 4) is 17.9 Å². The third-order valence-electron chi connectivity index (χ3n) is 5.46. The zero-order valence-corrected chi connectivity index (χ0v) is 18.2. The topological polar surface area (TPSA) is 95.2 Å². The second kappa shape index (κ2) is 7.89. The van der Waals surface area contributed by atoms with Gasteiger partial charge in [0.05, 0.1) is 18.7 Å². The number of thioether (sulfide) groups is 2. The number of nitrogens with two attached hydrogens (primary N) is 1. The Hall–Kier alpha value is -1.83. The lowest BCUT2D eigenvalue weighted by atomic mass is 9.97. The second-order valence-corrected chi connectivity index (χ2v) is 9.85. The van der Waals surface area contributed by atoms with E-state index in [2.05, 4.69) is 26.0 Å². The molecule has 0 spiro atoms. The first-order valence-corrected chi connectivity index (χ1v) is 11.7. The quantitative estimate of drug-likeness (QED) is 0.597. The molecule has 1 aliphatic heterocycles. The number of hydrogen-bond acceptors (Lipinski definition) is 7. The Balaban J connectivity index is 2.19. The van der Waals surface area contributed by atoms with Gasteiger partial charge in [0.1, 0.15) is 22.4 Å². The van der Waals surface area contributed by atoms with Crippen LogP contribution in [0.25, 0.3) is 0 Å². The first kappa shape index (κ1) is 20.9. The Bertz CT molecular complexity index is 851. The van der Waals surface area contributed by atoms with Gasteiger partial charge in [0.15, 0.2) is 4.20 Å². The Morgan fingerprint density at radius 1 is 1.11 bits per heavy atom. The Morgan fingerprint density at radius 2 is 1.75 bits per heavy atom. The minimum absolute atomic E-state index is 0.292. The van der Waals surface area contributed by atoms with Gasteiger partial charge in [-0.2, -0.15) is 10.5 Å². The van der Waals surface area contributed by atoms with E-state index >= 15 is 0 Å². The molecule has 1 aromatic rings. The van der Waals surface area contributed by atoms with Crippen molar-refractivity contribution in [3.05, 3.63) is 29.8 Å². The van der Waals surface area contributed by atoms with Crippen molar-refractivity contribution in [3.63, 3.8) is 0 Å². The van der Waals surface area contributed by atoms with Crippen molar-refractivity contribution in [1.82, 2.24) is 0 Å². The van der Waals surface area contributed by atoms with Gasteiger partial charge in [-0.25, -0.2) is 4.99 Å². The van der Waals surface area contributed by atoms with E-state index in [0.29, 0.717) is 12.4 Å². The summed E-state index contributed by atoms with van der Waals surface area (Å²) in [5, 5.41) is 20.7. The highest BCUT2D eigenvalue weighted by Crippen LogP contribution is 2.86. The lowest BCUT2D eigenvalue weighted by molar-refractivity contribution is 0.335. The van der Waals surface area contributed by atoms with Crippen LogP contribution in [0.15, 0.2) is 29.3 Å². The summed E-state index contributed by atoms with van der Waals surface area (Å²) in [5.41, 5.74) is 5.19. The third kappa shape index (κ3) is 2.56. The number of para-hydroxylation sites is 1. The largest absolute Gasteiger partial charge is 0.494 e. The minimum atomic E-state index is -1.10. The fourth-order valence-corrected chi connectivity index (χ4v) is 7.54. The Morgan fingerprint density at radius 3 is 2.29 bits per heavy atom. The van der Waals surface area contributed by atoms with E-state index in [1.54, 1.807) is 23.5 Å². The van der Waals surface area contributed by atoms with Crippen LogP contribution in [0.2, 0.25) is 0 Å². The average molecular weight is 415 g/mol. The van der Waals surface area contributed by atoms with Crippen molar-refractivity contribution >= 4 is 29.4 Å². The lowest BCUT2D eigenvalue weighted by Crippen LogP contribution is -2.32. The number of nitriles is 2. The van der Waals surface area contributed by atoms with Crippen molar-refractivity contribution in [1.29, 1.82) is 10.5 Å². The molecule has 0 saturated heterocycles. The van der Waals surface area contributed by atoms with Crippen LogP contribution in [0.5, 0.6) is 5.75 Å². The van der Waals surface area contributed by atoms with Crippen molar-refractivity contribution in [2.24, 2.45) is 21.6 Å². The highest BCUT2D eigenvalue weighted by Gasteiger charge is 2.92. The maximum Gasteiger partial charge on any atom is 0.175 e. The number of rotatable bonds is 9. The van der Waals surface area contributed by atoms with Gasteiger partial charge in [-0.05, 0) is 37.3 Å². The zero-order valence-electron chi connectivity index (χ0n) is 16.6. The van der Waals surface area contributed by atoms with Gasteiger partial charge >= 0.3 is 0 Å². The lowest BCUT2D eigenvalue weighted by Gasteiger charge is -2.32. The summed E-state index contributed by atoms with van der Waals surface area (Å²) in [4.78, 5) is 4.80.